The molecule has 2 rings (SSSR count). The number of carbonyl (C=O) groups excluding carboxylic acids is 1. The van der Waals surface area contributed by atoms with Crippen LogP contribution in [-0.4, -0.2) is 26.6 Å². The molecular formula is C16H19N3O2. The van der Waals surface area contributed by atoms with Crippen LogP contribution in [0.5, 0.6) is 5.75 Å². The van der Waals surface area contributed by atoms with Crippen LogP contribution in [0.2, 0.25) is 0 Å². The first kappa shape index (κ1) is 14.7. The number of rotatable bonds is 5. The Morgan fingerprint density at radius 1 is 1.19 bits per heavy atom. The number of anilines is 3. The molecule has 5 heteroatoms. The summed E-state index contributed by atoms with van der Waals surface area (Å²) in [4.78, 5) is 13.9. The molecule has 2 aromatic rings. The van der Waals surface area contributed by atoms with Crippen LogP contribution >= 0.6 is 0 Å². The minimum absolute atomic E-state index is 0.0643. The fraction of sp³-hybridized carbons (Fsp3) is 0.188. The molecule has 0 saturated carbocycles. The lowest BCUT2D eigenvalue weighted by atomic mass is 10.2. The Morgan fingerprint density at radius 2 is 1.95 bits per heavy atom. The summed E-state index contributed by atoms with van der Waals surface area (Å²) < 4.78 is 5.42. The molecule has 0 aliphatic rings. The van der Waals surface area contributed by atoms with Crippen molar-refractivity contribution in [3.63, 3.8) is 0 Å². The SMILES string of the molecule is CN(C)c1ccccc1NC(=O)COc1cccc(N)c1. The second-order valence-corrected chi connectivity index (χ2v) is 4.82. The number of ether oxygens (including phenoxy) is 1. The molecule has 3 N–H and O–H groups in total. The number of hydrogen-bond donors (Lipinski definition) is 2. The molecule has 0 radical (unpaired) electrons. The van der Waals surface area contributed by atoms with Crippen LogP contribution in [0, 0.1) is 0 Å². The largest absolute Gasteiger partial charge is 0.484 e. The Balaban J connectivity index is 1.96. The first-order valence-electron chi connectivity index (χ1n) is 6.61. The summed E-state index contributed by atoms with van der Waals surface area (Å²) in [5.74, 6) is 0.359. The minimum Gasteiger partial charge on any atom is -0.484 e. The lowest BCUT2D eigenvalue weighted by molar-refractivity contribution is -0.118. The monoisotopic (exact) mass is 285 g/mol. The average molecular weight is 285 g/mol. The third kappa shape index (κ3) is 4.14. The third-order valence-corrected chi connectivity index (χ3v) is 2.89. The quantitative estimate of drug-likeness (QED) is 0.828. The number of amides is 1. The molecule has 0 heterocycles. The van der Waals surface area contributed by atoms with Gasteiger partial charge in [0, 0.05) is 25.8 Å². The Kier molecular flexibility index (Phi) is 4.66. The topological polar surface area (TPSA) is 67.6 Å². The molecule has 0 atom stereocenters. The molecular weight excluding hydrogens is 266 g/mol. The molecule has 0 bridgehead atoms. The molecule has 0 aliphatic carbocycles. The van der Waals surface area contributed by atoms with Crippen molar-refractivity contribution in [1.82, 2.24) is 0 Å². The summed E-state index contributed by atoms with van der Waals surface area (Å²) in [5.41, 5.74) is 7.95. The van der Waals surface area contributed by atoms with Gasteiger partial charge in [0.15, 0.2) is 6.61 Å². The van der Waals surface area contributed by atoms with Gasteiger partial charge in [-0.15, -0.1) is 0 Å². The van der Waals surface area contributed by atoms with E-state index in [4.69, 9.17) is 10.5 Å². The van der Waals surface area contributed by atoms with Crippen molar-refractivity contribution in [2.45, 2.75) is 0 Å². The average Bonchev–Trinajstić information content (AvgIpc) is 2.45. The highest BCUT2D eigenvalue weighted by Gasteiger charge is 2.08. The van der Waals surface area contributed by atoms with E-state index < -0.39 is 0 Å². The molecule has 5 nitrogen and oxygen atoms in total. The van der Waals surface area contributed by atoms with Crippen LogP contribution in [0.25, 0.3) is 0 Å². The Bertz CT molecular complexity index is 626. The van der Waals surface area contributed by atoms with E-state index in [0.717, 1.165) is 11.4 Å². The van der Waals surface area contributed by atoms with Crippen molar-refractivity contribution < 1.29 is 9.53 Å². The number of benzene rings is 2. The van der Waals surface area contributed by atoms with Gasteiger partial charge in [-0.2, -0.15) is 0 Å². The number of nitrogens with zero attached hydrogens (tertiary/aromatic N) is 1. The van der Waals surface area contributed by atoms with Crippen LogP contribution in [0.4, 0.5) is 17.1 Å². The van der Waals surface area contributed by atoms with Gasteiger partial charge in [-0.3, -0.25) is 4.79 Å². The lowest BCUT2D eigenvalue weighted by Crippen LogP contribution is -2.22. The highest BCUT2D eigenvalue weighted by atomic mass is 16.5. The van der Waals surface area contributed by atoms with Gasteiger partial charge in [0.05, 0.1) is 11.4 Å². The molecule has 0 aliphatic heterocycles. The molecule has 110 valence electrons. The van der Waals surface area contributed by atoms with Gasteiger partial charge < -0.3 is 20.7 Å². The van der Waals surface area contributed by atoms with Crippen molar-refractivity contribution in [3.8, 4) is 5.75 Å². The van der Waals surface area contributed by atoms with E-state index in [1.54, 1.807) is 24.3 Å². The normalized spacial score (nSPS) is 10.0. The highest BCUT2D eigenvalue weighted by Crippen LogP contribution is 2.23. The summed E-state index contributed by atoms with van der Waals surface area (Å²) in [6.07, 6.45) is 0. The zero-order chi connectivity index (χ0) is 15.2. The van der Waals surface area contributed by atoms with Crippen molar-refractivity contribution in [2.24, 2.45) is 0 Å². The number of nitrogens with two attached hydrogens (primary N) is 1. The van der Waals surface area contributed by atoms with Crippen LogP contribution in [-0.2, 0) is 4.79 Å². The number of carbonyl (C=O) groups is 1. The summed E-state index contributed by atoms with van der Waals surface area (Å²) in [5, 5.41) is 2.84. The van der Waals surface area contributed by atoms with E-state index in [0.29, 0.717) is 11.4 Å². The van der Waals surface area contributed by atoms with Crippen LogP contribution in [0.15, 0.2) is 48.5 Å². The Labute approximate surface area is 124 Å². The predicted octanol–water partition coefficient (Wildman–Crippen LogP) is 2.35. The molecule has 0 aromatic heterocycles. The summed E-state index contributed by atoms with van der Waals surface area (Å²) in [6.45, 7) is -0.0643. The molecule has 2 aromatic carbocycles. The van der Waals surface area contributed by atoms with Crippen molar-refractivity contribution in [1.29, 1.82) is 0 Å². The standard InChI is InChI=1S/C16H19N3O2/c1-19(2)15-9-4-3-8-14(15)18-16(20)11-21-13-7-5-6-12(17)10-13/h3-10H,11,17H2,1-2H3,(H,18,20). The zero-order valence-electron chi connectivity index (χ0n) is 12.2. The fourth-order valence-corrected chi connectivity index (χ4v) is 1.91. The van der Waals surface area contributed by atoms with Crippen LogP contribution < -0.4 is 20.7 Å². The lowest BCUT2D eigenvalue weighted by Gasteiger charge is -2.17. The molecule has 0 unspecified atom stereocenters. The number of para-hydroxylation sites is 2. The van der Waals surface area contributed by atoms with E-state index in [9.17, 15) is 4.79 Å². The molecule has 21 heavy (non-hydrogen) atoms. The predicted molar refractivity (Wildman–Crippen MR) is 85.7 cm³/mol. The van der Waals surface area contributed by atoms with E-state index >= 15 is 0 Å². The number of nitrogen functional groups attached to an aromatic ring is 1. The summed E-state index contributed by atoms with van der Waals surface area (Å²) in [6, 6.07) is 14.6. The molecule has 0 fully saturated rings. The van der Waals surface area contributed by atoms with Crippen molar-refractivity contribution >= 4 is 23.0 Å². The van der Waals surface area contributed by atoms with Crippen molar-refractivity contribution in [2.75, 3.05) is 36.7 Å². The first-order valence-corrected chi connectivity index (χ1v) is 6.61. The fourth-order valence-electron chi connectivity index (χ4n) is 1.91. The second kappa shape index (κ2) is 6.65. The van der Waals surface area contributed by atoms with Gasteiger partial charge in [-0.25, -0.2) is 0 Å². The summed E-state index contributed by atoms with van der Waals surface area (Å²) >= 11 is 0. The van der Waals surface area contributed by atoms with Crippen LogP contribution in [0.3, 0.4) is 0 Å². The number of nitrogens with one attached hydrogen (secondary N) is 1. The van der Waals surface area contributed by atoms with Gasteiger partial charge in [0.1, 0.15) is 5.75 Å². The Hall–Kier alpha value is -2.69. The van der Waals surface area contributed by atoms with Crippen molar-refractivity contribution in [3.05, 3.63) is 48.5 Å². The molecule has 1 amide bonds. The maximum atomic E-state index is 12.0. The maximum absolute atomic E-state index is 12.0. The Morgan fingerprint density at radius 3 is 2.67 bits per heavy atom. The molecule has 0 saturated heterocycles. The third-order valence-electron chi connectivity index (χ3n) is 2.89. The maximum Gasteiger partial charge on any atom is 0.262 e. The zero-order valence-corrected chi connectivity index (χ0v) is 12.2. The summed E-state index contributed by atoms with van der Waals surface area (Å²) in [7, 11) is 3.85. The van der Waals surface area contributed by atoms with Gasteiger partial charge in [-0.1, -0.05) is 18.2 Å². The molecule has 0 spiro atoms. The van der Waals surface area contributed by atoms with E-state index in [1.165, 1.54) is 0 Å². The van der Waals surface area contributed by atoms with Gasteiger partial charge in [0.2, 0.25) is 0 Å². The van der Waals surface area contributed by atoms with E-state index in [2.05, 4.69) is 5.32 Å². The smallest absolute Gasteiger partial charge is 0.262 e. The second-order valence-electron chi connectivity index (χ2n) is 4.82. The first-order chi connectivity index (χ1) is 10.1. The van der Waals surface area contributed by atoms with Gasteiger partial charge in [0.25, 0.3) is 5.91 Å². The van der Waals surface area contributed by atoms with E-state index in [-0.39, 0.29) is 12.5 Å². The van der Waals surface area contributed by atoms with Gasteiger partial charge >= 0.3 is 0 Å². The van der Waals surface area contributed by atoms with E-state index in [1.807, 2.05) is 43.3 Å². The van der Waals surface area contributed by atoms with Gasteiger partial charge in [-0.05, 0) is 24.3 Å². The minimum atomic E-state index is -0.216. The van der Waals surface area contributed by atoms with Crippen LogP contribution in [0.1, 0.15) is 0 Å². The highest BCUT2D eigenvalue weighted by molar-refractivity contribution is 5.95. The number of hydrogen-bond acceptors (Lipinski definition) is 4.